The Morgan fingerprint density at radius 1 is 1.00 bits per heavy atom. The van der Waals surface area contributed by atoms with E-state index in [9.17, 15) is 4.79 Å². The largest absolute Gasteiger partial charge is 0.495 e. The van der Waals surface area contributed by atoms with Crippen LogP contribution in [0.1, 0.15) is 36.0 Å². The predicted octanol–water partition coefficient (Wildman–Crippen LogP) is 5.25. The molecule has 4 heterocycles. The van der Waals surface area contributed by atoms with Gasteiger partial charge in [-0.3, -0.25) is 9.78 Å². The van der Waals surface area contributed by atoms with Gasteiger partial charge in [-0.1, -0.05) is 12.1 Å². The zero-order chi connectivity index (χ0) is 29.4. The molecule has 8 rings (SSSR count). The van der Waals surface area contributed by atoms with Gasteiger partial charge in [0.2, 0.25) is 0 Å². The topological polar surface area (TPSA) is 100 Å². The summed E-state index contributed by atoms with van der Waals surface area (Å²) in [6.07, 6.45) is 8.15. The molecule has 5 aromatic rings. The van der Waals surface area contributed by atoms with E-state index in [2.05, 4.69) is 38.4 Å². The Morgan fingerprint density at radius 3 is 2.58 bits per heavy atom. The third-order valence-corrected chi connectivity index (χ3v) is 9.87. The number of nitrogens with two attached hydrogens (primary N) is 1. The number of aromatic nitrogens is 4. The number of pyridine rings is 1. The van der Waals surface area contributed by atoms with Gasteiger partial charge in [-0.2, -0.15) is 0 Å². The maximum Gasteiger partial charge on any atom is 0.254 e. The summed E-state index contributed by atoms with van der Waals surface area (Å²) in [4.78, 5) is 25.2. The van der Waals surface area contributed by atoms with Gasteiger partial charge in [0.1, 0.15) is 17.0 Å². The summed E-state index contributed by atoms with van der Waals surface area (Å²) in [6, 6.07) is 14.8. The Kier molecular flexibility index (Phi) is 6.01. The molecule has 2 saturated carbocycles. The number of likely N-dealkylation sites (tertiary alicyclic amines) is 1. The van der Waals surface area contributed by atoms with Crippen molar-refractivity contribution in [2.75, 3.05) is 20.8 Å². The standard InChI is InChI=1S/C34H36N6O3/c1-38-32-26(11-23(14-30(32)43-3)34(41)40-18-22-8-9-27(40)31(22)35)37-33(38)29-13-21-7-6-20(24-10-25(42-2)16-36-15-24)12-28(21)39(29)17-19-4-5-19/h6-7,10-16,19,22,27,31H,4-5,8-9,17-18,35H2,1-3H3/t22-,27-,31-/m1/s1. The number of hydrogen-bond acceptors (Lipinski definition) is 6. The van der Waals surface area contributed by atoms with Gasteiger partial charge in [0, 0.05) is 60.4 Å². The Balaban J connectivity index is 1.24. The second-order valence-electron chi connectivity index (χ2n) is 12.5. The van der Waals surface area contributed by atoms with E-state index in [1.54, 1.807) is 20.4 Å². The van der Waals surface area contributed by atoms with Gasteiger partial charge in [-0.25, -0.2) is 4.98 Å². The third-order valence-electron chi connectivity index (χ3n) is 9.87. The number of carbonyl (C=O) groups excluding carboxylic acids is 1. The second-order valence-corrected chi connectivity index (χ2v) is 12.5. The first-order valence-electron chi connectivity index (χ1n) is 15.2. The Morgan fingerprint density at radius 2 is 1.86 bits per heavy atom. The molecular weight excluding hydrogens is 540 g/mol. The highest BCUT2D eigenvalue weighted by molar-refractivity contribution is 6.00. The summed E-state index contributed by atoms with van der Waals surface area (Å²) >= 11 is 0. The van der Waals surface area contributed by atoms with E-state index in [1.807, 2.05) is 36.3 Å². The number of imidazole rings is 1. The summed E-state index contributed by atoms with van der Waals surface area (Å²) in [5.74, 6) is 3.30. The Bertz CT molecular complexity index is 1900. The smallest absolute Gasteiger partial charge is 0.254 e. The summed E-state index contributed by atoms with van der Waals surface area (Å²) in [6.45, 7) is 1.66. The fraction of sp³-hybridized carbons (Fsp3) is 0.382. The lowest BCUT2D eigenvalue weighted by molar-refractivity contribution is 0.0700. The van der Waals surface area contributed by atoms with Gasteiger partial charge < -0.3 is 29.2 Å². The number of methoxy groups -OCH3 is 2. The van der Waals surface area contributed by atoms with E-state index in [0.29, 0.717) is 23.1 Å². The molecule has 220 valence electrons. The molecule has 3 aliphatic rings. The second kappa shape index (κ2) is 9.84. The predicted molar refractivity (Wildman–Crippen MR) is 166 cm³/mol. The summed E-state index contributed by atoms with van der Waals surface area (Å²) in [7, 11) is 5.34. The molecule has 1 saturated heterocycles. The number of ether oxygens (including phenoxy) is 2. The van der Waals surface area contributed by atoms with Gasteiger partial charge in [-0.05, 0) is 73.4 Å². The summed E-state index contributed by atoms with van der Waals surface area (Å²) < 4.78 is 15.8. The van der Waals surface area contributed by atoms with Crippen LogP contribution in [0.4, 0.5) is 0 Å². The molecule has 3 aromatic heterocycles. The molecule has 0 unspecified atom stereocenters. The van der Waals surface area contributed by atoms with Crippen LogP contribution in [0.25, 0.3) is 44.6 Å². The number of benzene rings is 2. The highest BCUT2D eigenvalue weighted by atomic mass is 16.5. The first-order valence-corrected chi connectivity index (χ1v) is 15.2. The van der Waals surface area contributed by atoms with E-state index < -0.39 is 0 Å². The number of fused-ring (bicyclic) bond motifs is 4. The van der Waals surface area contributed by atoms with E-state index >= 15 is 0 Å². The zero-order valence-corrected chi connectivity index (χ0v) is 24.8. The van der Waals surface area contributed by atoms with Crippen molar-refractivity contribution in [3.05, 3.63) is 60.4 Å². The molecule has 3 atom stereocenters. The van der Waals surface area contributed by atoms with Gasteiger partial charge >= 0.3 is 0 Å². The Labute approximate surface area is 250 Å². The average Bonchev–Trinajstić information content (AvgIpc) is 3.44. The number of aryl methyl sites for hydroxylation is 1. The molecule has 2 bridgehead atoms. The fourth-order valence-electron chi connectivity index (χ4n) is 7.33. The van der Waals surface area contributed by atoms with Crippen LogP contribution in [0, 0.1) is 11.8 Å². The summed E-state index contributed by atoms with van der Waals surface area (Å²) in [5, 5.41) is 1.16. The van der Waals surface area contributed by atoms with Gasteiger partial charge in [-0.15, -0.1) is 0 Å². The minimum atomic E-state index is 0.0115. The first kappa shape index (κ1) is 26.3. The van der Waals surface area contributed by atoms with Crippen molar-refractivity contribution in [2.24, 2.45) is 24.6 Å². The lowest BCUT2D eigenvalue weighted by Crippen LogP contribution is -2.41. The Hall–Kier alpha value is -4.37. The fourth-order valence-corrected chi connectivity index (χ4v) is 7.33. The van der Waals surface area contributed by atoms with Crippen LogP contribution in [0.3, 0.4) is 0 Å². The zero-order valence-electron chi connectivity index (χ0n) is 24.8. The molecule has 2 N–H and O–H groups in total. The molecule has 2 aromatic carbocycles. The van der Waals surface area contributed by atoms with Crippen molar-refractivity contribution in [3.63, 3.8) is 0 Å². The molecule has 0 radical (unpaired) electrons. The number of hydrogen-bond donors (Lipinski definition) is 1. The first-order chi connectivity index (χ1) is 20.9. The average molecular weight is 577 g/mol. The van der Waals surface area contributed by atoms with Crippen molar-refractivity contribution >= 4 is 27.8 Å². The monoisotopic (exact) mass is 576 g/mol. The lowest BCUT2D eigenvalue weighted by atomic mass is 10.1. The quantitative estimate of drug-likeness (QED) is 0.284. The highest BCUT2D eigenvalue weighted by Crippen LogP contribution is 2.41. The molecule has 1 amide bonds. The molecule has 3 fully saturated rings. The van der Waals surface area contributed by atoms with Crippen molar-refractivity contribution in [1.29, 1.82) is 0 Å². The van der Waals surface area contributed by atoms with Crippen molar-refractivity contribution in [2.45, 2.75) is 44.3 Å². The van der Waals surface area contributed by atoms with Crippen LogP contribution in [0.15, 0.2) is 54.9 Å². The number of carbonyl (C=O) groups is 1. The van der Waals surface area contributed by atoms with E-state index in [4.69, 9.17) is 20.2 Å². The minimum absolute atomic E-state index is 0.0115. The van der Waals surface area contributed by atoms with Crippen molar-refractivity contribution < 1.29 is 14.3 Å². The molecule has 2 aliphatic carbocycles. The molecule has 9 nitrogen and oxygen atoms in total. The number of amides is 1. The number of rotatable bonds is 7. The van der Waals surface area contributed by atoms with Crippen LogP contribution in [0.2, 0.25) is 0 Å². The minimum Gasteiger partial charge on any atom is -0.495 e. The summed E-state index contributed by atoms with van der Waals surface area (Å²) in [5.41, 5.74) is 13.0. The van der Waals surface area contributed by atoms with Crippen LogP contribution >= 0.6 is 0 Å². The maximum atomic E-state index is 13.7. The number of nitrogens with zero attached hydrogens (tertiary/aromatic N) is 5. The van der Waals surface area contributed by atoms with Crippen molar-refractivity contribution in [1.82, 2.24) is 24.0 Å². The van der Waals surface area contributed by atoms with E-state index in [0.717, 1.165) is 76.3 Å². The normalized spacial score (nSPS) is 21.3. The SMILES string of the molecule is COc1cncc(-c2ccc3cc(-c4nc5cc(C(=O)N6C[C@H]7CC[C@@H]6[C@@H]7N)cc(OC)c5n4C)n(CC4CC4)c3c2)c1. The lowest BCUT2D eigenvalue weighted by Gasteiger charge is -2.27. The van der Waals surface area contributed by atoms with Gasteiger partial charge in [0.05, 0.1) is 31.6 Å². The molecule has 9 heteroatoms. The molecule has 0 spiro atoms. The van der Waals surface area contributed by atoms with Crippen molar-refractivity contribution in [3.8, 4) is 34.1 Å². The molecular formula is C34H36N6O3. The van der Waals surface area contributed by atoms with Gasteiger partial charge in [0.25, 0.3) is 5.91 Å². The number of piperidine rings is 1. The maximum absolute atomic E-state index is 13.7. The van der Waals surface area contributed by atoms with Crippen LogP contribution in [0.5, 0.6) is 11.5 Å². The highest BCUT2D eigenvalue weighted by Gasteiger charge is 2.47. The van der Waals surface area contributed by atoms with Gasteiger partial charge in [0.15, 0.2) is 5.82 Å². The van der Waals surface area contributed by atoms with Crippen LogP contribution in [-0.4, -0.2) is 62.8 Å². The van der Waals surface area contributed by atoms with Crippen LogP contribution < -0.4 is 15.2 Å². The van der Waals surface area contributed by atoms with E-state index in [-0.39, 0.29) is 18.0 Å². The molecule has 43 heavy (non-hydrogen) atoms. The van der Waals surface area contributed by atoms with Crippen LogP contribution in [-0.2, 0) is 13.6 Å². The molecule has 1 aliphatic heterocycles. The third kappa shape index (κ3) is 4.20. The van der Waals surface area contributed by atoms with E-state index in [1.165, 1.54) is 12.8 Å².